The van der Waals surface area contributed by atoms with Crippen LogP contribution >= 0.6 is 0 Å². The quantitative estimate of drug-likeness (QED) is 0.480. The van der Waals surface area contributed by atoms with E-state index in [0.29, 0.717) is 12.4 Å². The average Bonchev–Trinajstić information content (AvgIpc) is 2.51. The Bertz CT molecular complexity index is 585. The Hall–Kier alpha value is -2.12. The predicted octanol–water partition coefficient (Wildman–Crippen LogP) is 1.89. The van der Waals surface area contributed by atoms with Crippen molar-refractivity contribution in [2.24, 2.45) is 0 Å². The molecule has 1 N–H and O–H groups in total. The molecule has 0 saturated heterocycles. The minimum Gasteiger partial charge on any atom is -0.492 e. The lowest BCUT2D eigenvalue weighted by Crippen LogP contribution is -2.20. The van der Waals surface area contributed by atoms with Gasteiger partial charge in [-0.25, -0.2) is 9.59 Å². The molecule has 7 nitrogen and oxygen atoms in total. The molecule has 1 rings (SSSR count). The molecule has 1 aromatic carbocycles. The van der Waals surface area contributed by atoms with E-state index < -0.39 is 25.2 Å². The smallest absolute Gasteiger partial charge is 0.337 e. The number of carbonyl (C=O) groups excluding carboxylic acids is 1. The van der Waals surface area contributed by atoms with Crippen LogP contribution in [0.15, 0.2) is 12.1 Å². The van der Waals surface area contributed by atoms with E-state index in [1.165, 1.54) is 0 Å². The van der Waals surface area contributed by atoms with E-state index in [1.807, 2.05) is 32.0 Å². The van der Waals surface area contributed by atoms with Crippen LogP contribution in [0.3, 0.4) is 0 Å². The van der Waals surface area contributed by atoms with E-state index in [0.717, 1.165) is 36.3 Å². The van der Waals surface area contributed by atoms with Gasteiger partial charge in [-0.1, -0.05) is 13.3 Å². The molecule has 0 heterocycles. The standard InChI is InChI=1S/C18H27NO6/c1-5-6-14-10-15(25-18(22)12-23-11-17(20)21)13(2)9-16(14)24-8-7-19(3)4/h9-10H,5-8,11-12H2,1-4H3,(H,20,21). The second-order valence-electron chi connectivity index (χ2n) is 5.99. The largest absolute Gasteiger partial charge is 0.492 e. The summed E-state index contributed by atoms with van der Waals surface area (Å²) < 4.78 is 15.9. The predicted molar refractivity (Wildman–Crippen MR) is 93.3 cm³/mol. The van der Waals surface area contributed by atoms with Gasteiger partial charge >= 0.3 is 11.9 Å². The number of rotatable bonds is 11. The number of ether oxygens (including phenoxy) is 3. The van der Waals surface area contributed by atoms with Gasteiger partial charge < -0.3 is 24.2 Å². The molecule has 0 aromatic heterocycles. The maximum Gasteiger partial charge on any atom is 0.337 e. The van der Waals surface area contributed by atoms with Crippen LogP contribution in [0, 0.1) is 6.92 Å². The maximum atomic E-state index is 11.8. The van der Waals surface area contributed by atoms with Gasteiger partial charge in [0.25, 0.3) is 0 Å². The van der Waals surface area contributed by atoms with E-state index in [9.17, 15) is 9.59 Å². The van der Waals surface area contributed by atoms with Crippen molar-refractivity contribution in [3.8, 4) is 11.5 Å². The Morgan fingerprint density at radius 3 is 2.48 bits per heavy atom. The summed E-state index contributed by atoms with van der Waals surface area (Å²) in [5.41, 5.74) is 1.74. The van der Waals surface area contributed by atoms with Crippen molar-refractivity contribution >= 4 is 11.9 Å². The van der Waals surface area contributed by atoms with Gasteiger partial charge in [-0.3, -0.25) is 0 Å². The van der Waals surface area contributed by atoms with Crippen LogP contribution < -0.4 is 9.47 Å². The molecule has 0 amide bonds. The van der Waals surface area contributed by atoms with E-state index >= 15 is 0 Å². The van der Waals surface area contributed by atoms with Gasteiger partial charge in [0.15, 0.2) is 0 Å². The molecule has 0 bridgehead atoms. The zero-order chi connectivity index (χ0) is 18.8. The Labute approximate surface area is 148 Å². The number of benzene rings is 1. The first-order valence-electron chi connectivity index (χ1n) is 8.24. The summed E-state index contributed by atoms with van der Waals surface area (Å²) in [6.45, 7) is 4.33. The Balaban J connectivity index is 2.78. The van der Waals surface area contributed by atoms with E-state index in [1.54, 1.807) is 6.07 Å². The van der Waals surface area contributed by atoms with Gasteiger partial charge in [-0.15, -0.1) is 0 Å². The van der Waals surface area contributed by atoms with Gasteiger partial charge in [-0.2, -0.15) is 0 Å². The second-order valence-corrected chi connectivity index (χ2v) is 5.99. The third kappa shape index (κ3) is 8.00. The monoisotopic (exact) mass is 353 g/mol. The van der Waals surface area contributed by atoms with Crippen molar-refractivity contribution < 1.29 is 28.9 Å². The summed E-state index contributed by atoms with van der Waals surface area (Å²) in [7, 11) is 3.97. The number of hydrogen-bond donors (Lipinski definition) is 1. The van der Waals surface area contributed by atoms with Crippen LogP contribution in [0.1, 0.15) is 24.5 Å². The SMILES string of the molecule is CCCc1cc(OC(=O)COCC(=O)O)c(C)cc1OCCN(C)C. The summed E-state index contributed by atoms with van der Waals surface area (Å²) in [5.74, 6) is -0.531. The molecule has 0 spiro atoms. The highest BCUT2D eigenvalue weighted by molar-refractivity contribution is 5.75. The molecule has 0 saturated carbocycles. The summed E-state index contributed by atoms with van der Waals surface area (Å²) in [4.78, 5) is 24.2. The van der Waals surface area contributed by atoms with Crippen LogP contribution in [-0.2, 0) is 20.7 Å². The molecule has 7 heteroatoms. The zero-order valence-corrected chi connectivity index (χ0v) is 15.3. The van der Waals surface area contributed by atoms with E-state index in [-0.39, 0.29) is 0 Å². The summed E-state index contributed by atoms with van der Waals surface area (Å²) in [5, 5.41) is 8.50. The first kappa shape index (κ1) is 20.9. The van der Waals surface area contributed by atoms with Crippen molar-refractivity contribution in [3.63, 3.8) is 0 Å². The Morgan fingerprint density at radius 2 is 1.88 bits per heavy atom. The minimum atomic E-state index is -1.13. The number of hydrogen-bond acceptors (Lipinski definition) is 6. The van der Waals surface area contributed by atoms with E-state index in [4.69, 9.17) is 19.3 Å². The lowest BCUT2D eigenvalue weighted by Gasteiger charge is -2.16. The van der Waals surface area contributed by atoms with Gasteiger partial charge in [0.05, 0.1) is 0 Å². The number of carboxylic acid groups (broad SMARTS) is 1. The molecular weight excluding hydrogens is 326 g/mol. The number of esters is 1. The fraction of sp³-hybridized carbons (Fsp3) is 0.556. The molecule has 0 aliphatic heterocycles. The van der Waals surface area contributed by atoms with Crippen molar-refractivity contribution in [2.45, 2.75) is 26.7 Å². The molecule has 0 fully saturated rings. The molecular formula is C18H27NO6. The average molecular weight is 353 g/mol. The highest BCUT2D eigenvalue weighted by Gasteiger charge is 2.13. The molecule has 140 valence electrons. The fourth-order valence-electron chi connectivity index (χ4n) is 2.12. The summed E-state index contributed by atoms with van der Waals surface area (Å²) in [6, 6.07) is 3.67. The van der Waals surface area contributed by atoms with Gasteiger partial charge in [-0.05, 0) is 50.7 Å². The highest BCUT2D eigenvalue weighted by Crippen LogP contribution is 2.29. The molecule has 0 aliphatic rings. The van der Waals surface area contributed by atoms with Gasteiger partial charge in [0, 0.05) is 6.54 Å². The van der Waals surface area contributed by atoms with Crippen LogP contribution in [0.4, 0.5) is 0 Å². The highest BCUT2D eigenvalue weighted by atomic mass is 16.6. The topological polar surface area (TPSA) is 85.3 Å². The van der Waals surface area contributed by atoms with Crippen LogP contribution in [0.25, 0.3) is 0 Å². The third-order valence-corrected chi connectivity index (χ3v) is 3.34. The fourth-order valence-corrected chi connectivity index (χ4v) is 2.12. The van der Waals surface area contributed by atoms with Crippen LogP contribution in [0.5, 0.6) is 11.5 Å². The Morgan fingerprint density at radius 1 is 1.16 bits per heavy atom. The van der Waals surface area contributed by atoms with Crippen molar-refractivity contribution in [3.05, 3.63) is 23.3 Å². The molecule has 0 unspecified atom stereocenters. The van der Waals surface area contributed by atoms with Crippen molar-refractivity contribution in [1.29, 1.82) is 0 Å². The lowest BCUT2D eigenvalue weighted by molar-refractivity contribution is -0.147. The van der Waals surface area contributed by atoms with Gasteiger partial charge in [0.2, 0.25) is 0 Å². The maximum absolute atomic E-state index is 11.8. The molecule has 0 radical (unpaired) electrons. The number of nitrogens with zero attached hydrogens (tertiary/aromatic N) is 1. The Kier molecular flexibility index (Phi) is 8.94. The van der Waals surface area contributed by atoms with Crippen LogP contribution in [-0.4, -0.2) is 62.4 Å². The summed E-state index contributed by atoms with van der Waals surface area (Å²) in [6.07, 6.45) is 1.74. The summed E-state index contributed by atoms with van der Waals surface area (Å²) >= 11 is 0. The second kappa shape index (κ2) is 10.7. The zero-order valence-electron chi connectivity index (χ0n) is 15.3. The molecule has 0 aliphatic carbocycles. The number of carbonyl (C=O) groups is 2. The van der Waals surface area contributed by atoms with E-state index in [2.05, 4.69) is 6.92 Å². The first-order chi connectivity index (χ1) is 11.8. The number of aryl methyl sites for hydroxylation is 2. The molecule has 25 heavy (non-hydrogen) atoms. The van der Waals surface area contributed by atoms with Gasteiger partial charge in [0.1, 0.15) is 31.3 Å². The molecule has 0 atom stereocenters. The van der Waals surface area contributed by atoms with Crippen LogP contribution in [0.2, 0.25) is 0 Å². The van der Waals surface area contributed by atoms with Crippen molar-refractivity contribution in [1.82, 2.24) is 4.90 Å². The lowest BCUT2D eigenvalue weighted by atomic mass is 10.1. The number of likely N-dealkylation sites (N-methyl/N-ethyl adjacent to an activating group) is 1. The number of carboxylic acids is 1. The van der Waals surface area contributed by atoms with Crippen molar-refractivity contribution in [2.75, 3.05) is 40.5 Å². The normalized spacial score (nSPS) is 10.8. The minimum absolute atomic E-state index is 0.407. The number of aliphatic carboxylic acids is 1. The first-order valence-corrected chi connectivity index (χ1v) is 8.24. The molecule has 1 aromatic rings. The third-order valence-electron chi connectivity index (χ3n) is 3.34.